The van der Waals surface area contributed by atoms with E-state index in [2.05, 4.69) is 4.36 Å². The van der Waals surface area contributed by atoms with Gasteiger partial charge in [0.05, 0.1) is 13.1 Å². The van der Waals surface area contributed by atoms with Crippen LogP contribution in [0.5, 0.6) is 0 Å². The van der Waals surface area contributed by atoms with Crippen LogP contribution < -0.4 is 4.57 Å². The molecule has 0 bridgehead atoms. The number of aromatic nitrogens is 2. The lowest BCUT2D eigenvalue weighted by Gasteiger charge is -2.14. The van der Waals surface area contributed by atoms with Gasteiger partial charge in [0.15, 0.2) is 0 Å². The number of halogens is 3. The van der Waals surface area contributed by atoms with Crippen molar-refractivity contribution in [1.82, 2.24) is 4.57 Å². The van der Waals surface area contributed by atoms with Crippen molar-refractivity contribution < 1.29 is 26.5 Å². The Morgan fingerprint density at radius 1 is 1.47 bits per heavy atom. The van der Waals surface area contributed by atoms with Crippen LogP contribution in [0, 0.1) is 0 Å². The maximum Gasteiger partial charge on any atom is 0.408 e. The van der Waals surface area contributed by atoms with Crippen LogP contribution in [-0.2, 0) is 23.1 Å². The van der Waals surface area contributed by atoms with Crippen LogP contribution in [-0.4, -0.2) is 31.8 Å². The highest BCUT2D eigenvalue weighted by Gasteiger charge is 2.26. The second-order valence-electron chi connectivity index (χ2n) is 4.02. The van der Waals surface area contributed by atoms with Crippen molar-refractivity contribution >= 4 is 10.0 Å². The van der Waals surface area contributed by atoms with Gasteiger partial charge in [0, 0.05) is 5.75 Å². The summed E-state index contributed by atoms with van der Waals surface area (Å²) in [6, 6.07) is 0. The van der Waals surface area contributed by atoms with Crippen LogP contribution in [0.4, 0.5) is 13.2 Å². The van der Waals surface area contributed by atoms with Crippen molar-refractivity contribution in [3.05, 3.63) is 18.7 Å². The van der Waals surface area contributed by atoms with E-state index >= 15 is 0 Å². The Kier molecular flexibility index (Phi) is 5.36. The molecule has 0 aliphatic carbocycles. The molecule has 110 valence electrons. The van der Waals surface area contributed by atoms with Crippen molar-refractivity contribution in [2.75, 3.05) is 12.3 Å². The fourth-order valence-electron chi connectivity index (χ4n) is 1.42. The van der Waals surface area contributed by atoms with Gasteiger partial charge in [-0.05, 0) is 23.4 Å². The Balaban J connectivity index is 2.45. The summed E-state index contributed by atoms with van der Waals surface area (Å²) in [6.45, 7) is 1.54. The summed E-state index contributed by atoms with van der Waals surface area (Å²) in [7, 11) is -4.00. The minimum atomic E-state index is -4.58. The number of alkyl halides is 3. The number of nitrogens with zero attached hydrogens (tertiary/aromatic N) is 3. The third-order valence-electron chi connectivity index (χ3n) is 2.37. The summed E-state index contributed by atoms with van der Waals surface area (Å²) in [6.07, 6.45) is 1.06. The van der Waals surface area contributed by atoms with E-state index in [4.69, 9.17) is 0 Å². The second kappa shape index (κ2) is 6.38. The summed E-state index contributed by atoms with van der Waals surface area (Å²) in [5, 5.41) is 0. The van der Waals surface area contributed by atoms with Gasteiger partial charge in [0.2, 0.25) is 6.33 Å². The lowest BCUT2D eigenvalue weighted by Crippen LogP contribution is -2.32. The lowest BCUT2D eigenvalue weighted by atomic mass is 10.5. The normalized spacial score (nSPS) is 15.2. The van der Waals surface area contributed by atoms with Crippen LogP contribution >= 0.6 is 0 Å². The molecule has 0 aromatic carbocycles. The summed E-state index contributed by atoms with van der Waals surface area (Å²) in [4.78, 5) is 0. The van der Waals surface area contributed by atoms with Gasteiger partial charge in [-0.2, -0.15) is 13.2 Å². The smallest absolute Gasteiger partial charge is 0.408 e. The highest BCUT2D eigenvalue weighted by molar-refractivity contribution is 7.88. The predicted octanol–water partition coefficient (Wildman–Crippen LogP) is 1.35. The number of hydrogen-bond acceptors (Lipinski definition) is 3. The quantitative estimate of drug-likeness (QED) is 0.744. The van der Waals surface area contributed by atoms with Gasteiger partial charge in [-0.15, -0.1) is 0 Å². The molecular weight excluding hydrogens is 283 g/mol. The van der Waals surface area contributed by atoms with Crippen LogP contribution in [0.15, 0.2) is 23.1 Å². The van der Waals surface area contributed by atoms with Gasteiger partial charge in [-0.3, -0.25) is 4.21 Å². The number of hydrogen-bond donors (Lipinski definition) is 0. The molecule has 0 aliphatic heterocycles. The zero-order chi connectivity index (χ0) is 14.5. The zero-order valence-electron chi connectivity index (χ0n) is 10.5. The number of aryl methyl sites for hydroxylation is 2. The molecule has 9 heteroatoms. The van der Waals surface area contributed by atoms with Gasteiger partial charge in [0.25, 0.3) is 0 Å². The van der Waals surface area contributed by atoms with Gasteiger partial charge in [-0.1, -0.05) is 0 Å². The highest BCUT2D eigenvalue weighted by Crippen LogP contribution is 2.15. The molecule has 1 heterocycles. The number of rotatable bonds is 6. The van der Waals surface area contributed by atoms with E-state index in [-0.39, 0.29) is 12.2 Å². The first-order valence-electron chi connectivity index (χ1n) is 5.75. The molecule has 1 unspecified atom stereocenters. The molecule has 0 saturated carbocycles. The Bertz CT molecular complexity index is 518. The minimum absolute atomic E-state index is 0.224. The molecule has 0 amide bonds. The monoisotopic (exact) mass is 299 g/mol. The molecule has 1 aromatic rings. The Morgan fingerprint density at radius 3 is 2.68 bits per heavy atom. The maximum atomic E-state index is 11.8. The summed E-state index contributed by atoms with van der Waals surface area (Å²) in [5.74, 6) is -0.382. The molecule has 1 rings (SSSR count). The number of imidazole rings is 1. The second-order valence-corrected chi connectivity index (χ2v) is 5.85. The summed E-state index contributed by atoms with van der Waals surface area (Å²) < 4.78 is 64.4. The molecule has 5 nitrogen and oxygen atoms in total. The first kappa shape index (κ1) is 16.0. The largest absolute Gasteiger partial charge is 0.764 e. The van der Waals surface area contributed by atoms with Gasteiger partial charge in [-0.25, -0.2) is 13.5 Å². The molecule has 19 heavy (non-hydrogen) atoms. The van der Waals surface area contributed by atoms with E-state index in [0.29, 0.717) is 6.54 Å². The highest BCUT2D eigenvalue weighted by atomic mass is 32.2. The van der Waals surface area contributed by atoms with Gasteiger partial charge < -0.3 is 4.55 Å². The summed E-state index contributed by atoms with van der Waals surface area (Å²) >= 11 is 0. The average molecular weight is 299 g/mol. The van der Waals surface area contributed by atoms with E-state index in [1.807, 2.05) is 17.7 Å². The van der Waals surface area contributed by atoms with E-state index in [0.717, 1.165) is 6.54 Å². The van der Waals surface area contributed by atoms with Crippen molar-refractivity contribution in [2.24, 2.45) is 4.36 Å². The van der Waals surface area contributed by atoms with Crippen LogP contribution in [0.1, 0.15) is 13.3 Å². The molecule has 0 spiro atoms. The van der Waals surface area contributed by atoms with Gasteiger partial charge >= 0.3 is 6.18 Å². The standard InChI is InChI=1S/C10H16F3N3O2S/c1-2-15-5-6-16(9-15)4-3-7-19(17,18)14-8-10(11,12)13/h5-6,9H,2-4,7-8H2,1H3. The Morgan fingerprint density at radius 2 is 2.16 bits per heavy atom. The fourth-order valence-corrected chi connectivity index (χ4v) is 2.39. The minimum Gasteiger partial charge on any atom is -0.764 e. The molecule has 0 saturated heterocycles. The first-order chi connectivity index (χ1) is 8.72. The Labute approximate surface area is 110 Å². The van der Waals surface area contributed by atoms with Crippen molar-refractivity contribution in [1.29, 1.82) is 0 Å². The summed E-state index contributed by atoms with van der Waals surface area (Å²) in [5.41, 5.74) is 0. The van der Waals surface area contributed by atoms with Crippen LogP contribution in [0.25, 0.3) is 0 Å². The third-order valence-corrected chi connectivity index (χ3v) is 3.70. The topological polar surface area (TPSA) is 61.3 Å². The van der Waals surface area contributed by atoms with Gasteiger partial charge in [0.1, 0.15) is 18.9 Å². The van der Waals surface area contributed by atoms with E-state index in [1.54, 1.807) is 17.1 Å². The molecule has 0 N–H and O–H groups in total. The average Bonchev–Trinajstić information content (AvgIpc) is 2.74. The molecule has 1 aromatic heterocycles. The van der Waals surface area contributed by atoms with E-state index in [1.165, 1.54) is 0 Å². The van der Waals surface area contributed by atoms with Crippen molar-refractivity contribution in [3.8, 4) is 0 Å². The lowest BCUT2D eigenvalue weighted by molar-refractivity contribution is -0.696. The van der Waals surface area contributed by atoms with Crippen molar-refractivity contribution in [2.45, 2.75) is 32.6 Å². The van der Waals surface area contributed by atoms with Crippen LogP contribution in [0.2, 0.25) is 0 Å². The fraction of sp³-hybridized carbons (Fsp3) is 0.700. The van der Waals surface area contributed by atoms with E-state index in [9.17, 15) is 21.9 Å². The zero-order valence-corrected chi connectivity index (χ0v) is 11.3. The van der Waals surface area contributed by atoms with Crippen molar-refractivity contribution in [3.63, 3.8) is 0 Å². The van der Waals surface area contributed by atoms with Crippen LogP contribution in [0.3, 0.4) is 0 Å². The van der Waals surface area contributed by atoms with E-state index < -0.39 is 22.7 Å². The molecular formula is C10H16F3N3O2S. The molecule has 0 fully saturated rings. The molecule has 1 atom stereocenters. The third kappa shape index (κ3) is 6.58. The molecule has 0 radical (unpaired) electrons. The Hall–Kier alpha value is -1.09. The maximum absolute atomic E-state index is 11.8. The SMILES string of the molecule is CCn1cc[n+](CCCS(=O)([O-])=NCC(F)(F)F)c1. The predicted molar refractivity (Wildman–Crippen MR) is 62.1 cm³/mol. The molecule has 0 aliphatic rings. The first-order valence-corrected chi connectivity index (χ1v) is 7.36.